The largest absolute Gasteiger partial charge is 0.461 e. The van der Waals surface area contributed by atoms with E-state index >= 15 is 0 Å². The zero-order valence-corrected chi connectivity index (χ0v) is 13.7. The van der Waals surface area contributed by atoms with Crippen molar-refractivity contribution in [3.63, 3.8) is 0 Å². The van der Waals surface area contributed by atoms with Crippen LogP contribution in [0.25, 0.3) is 11.0 Å². The summed E-state index contributed by atoms with van der Waals surface area (Å²) in [6.07, 6.45) is 0. The van der Waals surface area contributed by atoms with Crippen LogP contribution in [0.2, 0.25) is 0 Å². The molecular formula is C19H19N3O2. The van der Waals surface area contributed by atoms with Crippen LogP contribution in [0.1, 0.15) is 35.9 Å². The Labute approximate surface area is 140 Å². The third-order valence-electron chi connectivity index (χ3n) is 3.69. The van der Waals surface area contributed by atoms with Gasteiger partial charge in [0.25, 0.3) is 0 Å². The van der Waals surface area contributed by atoms with Gasteiger partial charge in [0.1, 0.15) is 0 Å². The zero-order valence-electron chi connectivity index (χ0n) is 13.7. The Morgan fingerprint density at radius 2 is 1.67 bits per heavy atom. The quantitative estimate of drug-likeness (QED) is 0.720. The van der Waals surface area contributed by atoms with Gasteiger partial charge < -0.3 is 10.1 Å². The molecule has 0 saturated carbocycles. The molecule has 1 aromatic heterocycles. The van der Waals surface area contributed by atoms with Crippen molar-refractivity contribution in [3.8, 4) is 0 Å². The van der Waals surface area contributed by atoms with Gasteiger partial charge in [-0.3, -0.25) is 0 Å². The van der Waals surface area contributed by atoms with Gasteiger partial charge in [-0.1, -0.05) is 42.5 Å². The van der Waals surface area contributed by atoms with Crippen LogP contribution in [-0.2, 0) is 4.74 Å². The van der Waals surface area contributed by atoms with Crippen LogP contribution in [-0.4, -0.2) is 22.5 Å². The molecule has 5 nitrogen and oxygen atoms in total. The molecule has 24 heavy (non-hydrogen) atoms. The van der Waals surface area contributed by atoms with E-state index in [1.807, 2.05) is 61.5 Å². The Kier molecular flexibility index (Phi) is 4.70. The summed E-state index contributed by atoms with van der Waals surface area (Å²) in [6, 6.07) is 17.4. The van der Waals surface area contributed by atoms with Crippen molar-refractivity contribution in [2.75, 3.05) is 11.9 Å². The monoisotopic (exact) mass is 321 g/mol. The predicted molar refractivity (Wildman–Crippen MR) is 94.0 cm³/mol. The first-order valence-electron chi connectivity index (χ1n) is 7.94. The van der Waals surface area contributed by atoms with Crippen LogP contribution in [0, 0.1) is 0 Å². The van der Waals surface area contributed by atoms with Crippen molar-refractivity contribution in [2.45, 2.75) is 19.9 Å². The smallest absolute Gasteiger partial charge is 0.360 e. The molecule has 0 amide bonds. The minimum atomic E-state index is -0.474. The molecule has 0 aliphatic carbocycles. The van der Waals surface area contributed by atoms with E-state index in [0.717, 1.165) is 11.1 Å². The third-order valence-corrected chi connectivity index (χ3v) is 3.69. The van der Waals surface area contributed by atoms with E-state index in [9.17, 15) is 4.79 Å². The predicted octanol–water partition coefficient (Wildman–Crippen LogP) is 3.98. The van der Waals surface area contributed by atoms with Gasteiger partial charge in [-0.2, -0.15) is 0 Å². The Bertz CT molecular complexity index is 850. The van der Waals surface area contributed by atoms with E-state index in [1.165, 1.54) is 0 Å². The maximum Gasteiger partial charge on any atom is 0.360 e. The minimum absolute atomic E-state index is 0.0187. The molecule has 5 heteroatoms. The van der Waals surface area contributed by atoms with Gasteiger partial charge in [0.05, 0.1) is 23.7 Å². The summed E-state index contributed by atoms with van der Waals surface area (Å²) < 4.78 is 5.12. The second kappa shape index (κ2) is 7.08. The second-order valence-electron chi connectivity index (χ2n) is 5.41. The van der Waals surface area contributed by atoms with E-state index in [4.69, 9.17) is 4.74 Å². The maximum absolute atomic E-state index is 12.3. The number of aromatic nitrogens is 2. The summed E-state index contributed by atoms with van der Waals surface area (Å²) in [7, 11) is 0. The summed E-state index contributed by atoms with van der Waals surface area (Å²) in [5.41, 5.74) is 2.70. The molecule has 3 aromatic rings. The fourth-order valence-electron chi connectivity index (χ4n) is 2.47. The van der Waals surface area contributed by atoms with Gasteiger partial charge in [-0.25, -0.2) is 14.8 Å². The highest BCUT2D eigenvalue weighted by atomic mass is 16.5. The molecule has 122 valence electrons. The summed E-state index contributed by atoms with van der Waals surface area (Å²) in [4.78, 5) is 21.3. The number of para-hydroxylation sites is 2. The van der Waals surface area contributed by atoms with E-state index in [-0.39, 0.29) is 11.7 Å². The van der Waals surface area contributed by atoms with E-state index in [2.05, 4.69) is 15.3 Å². The molecule has 0 aliphatic rings. The molecule has 1 heterocycles. The molecule has 1 unspecified atom stereocenters. The molecular weight excluding hydrogens is 302 g/mol. The van der Waals surface area contributed by atoms with Crippen molar-refractivity contribution >= 4 is 22.8 Å². The molecule has 1 N–H and O–H groups in total. The fraction of sp³-hybridized carbons (Fsp3) is 0.211. The number of benzene rings is 2. The van der Waals surface area contributed by atoms with E-state index < -0.39 is 5.97 Å². The average Bonchev–Trinajstić information content (AvgIpc) is 2.62. The van der Waals surface area contributed by atoms with Crippen molar-refractivity contribution in [1.82, 2.24) is 9.97 Å². The molecule has 0 radical (unpaired) electrons. The highest BCUT2D eigenvalue weighted by Crippen LogP contribution is 2.23. The Hall–Kier alpha value is -2.95. The Morgan fingerprint density at radius 1 is 1.04 bits per heavy atom. The standard InChI is InChI=1S/C19H19N3O2/c1-3-24-19(23)17-18(20-13(2)14-9-5-4-6-10-14)22-16-12-8-7-11-15(16)21-17/h4-13H,3H2,1-2H3,(H,20,22). The molecule has 1 atom stereocenters. The van der Waals surface area contributed by atoms with Gasteiger partial charge in [0, 0.05) is 0 Å². The number of carbonyl (C=O) groups is 1. The molecule has 3 rings (SSSR count). The number of carbonyl (C=O) groups excluding carboxylic acids is 1. The van der Waals surface area contributed by atoms with Crippen molar-refractivity contribution in [2.24, 2.45) is 0 Å². The SMILES string of the molecule is CCOC(=O)c1nc2ccccc2nc1NC(C)c1ccccc1. The van der Waals surface area contributed by atoms with Crippen molar-refractivity contribution < 1.29 is 9.53 Å². The first-order valence-corrected chi connectivity index (χ1v) is 7.94. The number of nitrogens with zero attached hydrogens (tertiary/aromatic N) is 2. The van der Waals surface area contributed by atoms with Crippen LogP contribution in [0.15, 0.2) is 54.6 Å². The summed E-state index contributed by atoms with van der Waals surface area (Å²) in [5.74, 6) is -0.0398. The number of hydrogen-bond donors (Lipinski definition) is 1. The maximum atomic E-state index is 12.3. The summed E-state index contributed by atoms with van der Waals surface area (Å²) >= 11 is 0. The highest BCUT2D eigenvalue weighted by molar-refractivity contribution is 5.95. The molecule has 0 aliphatic heterocycles. The van der Waals surface area contributed by atoms with Gasteiger partial charge in [-0.15, -0.1) is 0 Å². The van der Waals surface area contributed by atoms with Crippen LogP contribution >= 0.6 is 0 Å². The fourth-order valence-corrected chi connectivity index (χ4v) is 2.47. The number of esters is 1. The van der Waals surface area contributed by atoms with Crippen LogP contribution in [0.5, 0.6) is 0 Å². The normalized spacial score (nSPS) is 11.9. The molecule has 2 aromatic carbocycles. The lowest BCUT2D eigenvalue weighted by Gasteiger charge is -2.17. The van der Waals surface area contributed by atoms with Gasteiger partial charge in [-0.05, 0) is 31.5 Å². The second-order valence-corrected chi connectivity index (χ2v) is 5.41. The van der Waals surface area contributed by atoms with Crippen molar-refractivity contribution in [1.29, 1.82) is 0 Å². The lowest BCUT2D eigenvalue weighted by atomic mass is 10.1. The Morgan fingerprint density at radius 3 is 2.33 bits per heavy atom. The number of ether oxygens (including phenoxy) is 1. The lowest BCUT2D eigenvalue weighted by Crippen LogP contribution is -2.16. The number of fused-ring (bicyclic) bond motifs is 1. The average molecular weight is 321 g/mol. The van der Waals surface area contributed by atoms with Gasteiger partial charge in [0.2, 0.25) is 0 Å². The third kappa shape index (κ3) is 3.35. The van der Waals surface area contributed by atoms with Crippen LogP contribution in [0.4, 0.5) is 5.82 Å². The van der Waals surface area contributed by atoms with E-state index in [1.54, 1.807) is 6.92 Å². The molecule has 0 saturated heterocycles. The number of nitrogens with one attached hydrogen (secondary N) is 1. The number of hydrogen-bond acceptors (Lipinski definition) is 5. The lowest BCUT2D eigenvalue weighted by molar-refractivity contribution is 0.0520. The van der Waals surface area contributed by atoms with E-state index in [0.29, 0.717) is 17.9 Å². The first-order chi connectivity index (χ1) is 11.7. The molecule has 0 fully saturated rings. The summed E-state index contributed by atoms with van der Waals surface area (Å²) in [6.45, 7) is 4.08. The van der Waals surface area contributed by atoms with Crippen LogP contribution < -0.4 is 5.32 Å². The Balaban J connectivity index is 2.00. The molecule has 0 spiro atoms. The molecule has 0 bridgehead atoms. The number of rotatable bonds is 5. The minimum Gasteiger partial charge on any atom is -0.461 e. The summed E-state index contributed by atoms with van der Waals surface area (Å²) in [5, 5.41) is 3.28. The van der Waals surface area contributed by atoms with Crippen LogP contribution in [0.3, 0.4) is 0 Å². The van der Waals surface area contributed by atoms with Gasteiger partial charge in [0.15, 0.2) is 11.5 Å². The topological polar surface area (TPSA) is 64.1 Å². The number of anilines is 1. The first kappa shape index (κ1) is 15.9. The zero-order chi connectivity index (χ0) is 16.9. The van der Waals surface area contributed by atoms with Crippen molar-refractivity contribution in [3.05, 3.63) is 65.9 Å². The highest BCUT2D eigenvalue weighted by Gasteiger charge is 2.19. The van der Waals surface area contributed by atoms with Gasteiger partial charge >= 0.3 is 5.97 Å².